The summed E-state index contributed by atoms with van der Waals surface area (Å²) in [6, 6.07) is 22.8. The molecular formula is C24H20BrN5O2S. The number of phenolic OH excluding ortho intramolecular Hbond substituents is 1. The van der Waals surface area contributed by atoms with Crippen LogP contribution in [-0.4, -0.2) is 37.7 Å². The Morgan fingerprint density at radius 2 is 1.88 bits per heavy atom. The zero-order chi connectivity index (χ0) is 23.2. The van der Waals surface area contributed by atoms with Gasteiger partial charge in [-0.1, -0.05) is 75.7 Å². The molecule has 1 aromatic heterocycles. The van der Waals surface area contributed by atoms with Crippen molar-refractivity contribution >= 4 is 39.8 Å². The van der Waals surface area contributed by atoms with Crippen LogP contribution in [0, 0.1) is 6.92 Å². The second kappa shape index (κ2) is 10.5. The number of carbonyl (C=O) groups excluding carboxylic acids is 1. The van der Waals surface area contributed by atoms with E-state index in [0.29, 0.717) is 16.5 Å². The molecule has 0 radical (unpaired) electrons. The van der Waals surface area contributed by atoms with E-state index in [1.54, 1.807) is 18.2 Å². The van der Waals surface area contributed by atoms with Gasteiger partial charge in [0, 0.05) is 21.3 Å². The Balaban J connectivity index is 1.50. The zero-order valence-electron chi connectivity index (χ0n) is 17.6. The average Bonchev–Trinajstić information content (AvgIpc) is 3.25. The lowest BCUT2D eigenvalue weighted by atomic mass is 10.2. The maximum atomic E-state index is 12.4. The highest BCUT2D eigenvalue weighted by molar-refractivity contribution is 9.10. The predicted molar refractivity (Wildman–Crippen MR) is 134 cm³/mol. The zero-order valence-corrected chi connectivity index (χ0v) is 20.0. The van der Waals surface area contributed by atoms with Crippen molar-refractivity contribution in [2.75, 3.05) is 5.75 Å². The minimum Gasteiger partial charge on any atom is -0.507 e. The van der Waals surface area contributed by atoms with Gasteiger partial charge in [0.25, 0.3) is 5.91 Å². The molecule has 33 heavy (non-hydrogen) atoms. The molecule has 0 atom stereocenters. The summed E-state index contributed by atoms with van der Waals surface area (Å²) in [5.74, 6) is 0.571. The first-order chi connectivity index (χ1) is 16.0. The summed E-state index contributed by atoms with van der Waals surface area (Å²) < 4.78 is 2.74. The molecule has 0 saturated heterocycles. The van der Waals surface area contributed by atoms with Crippen LogP contribution in [0.2, 0.25) is 0 Å². The van der Waals surface area contributed by atoms with Gasteiger partial charge in [-0.15, -0.1) is 10.2 Å². The van der Waals surface area contributed by atoms with E-state index in [0.717, 1.165) is 21.3 Å². The first-order valence-corrected chi connectivity index (χ1v) is 11.8. The van der Waals surface area contributed by atoms with Crippen molar-refractivity contribution in [3.63, 3.8) is 0 Å². The van der Waals surface area contributed by atoms with E-state index in [9.17, 15) is 9.90 Å². The monoisotopic (exact) mass is 521 g/mol. The molecule has 0 aliphatic heterocycles. The normalized spacial score (nSPS) is 11.1. The number of hydrogen-bond acceptors (Lipinski definition) is 6. The van der Waals surface area contributed by atoms with Gasteiger partial charge in [-0.2, -0.15) is 5.10 Å². The summed E-state index contributed by atoms with van der Waals surface area (Å²) in [6.45, 7) is 2.03. The number of phenols is 1. The van der Waals surface area contributed by atoms with Crippen LogP contribution in [0.1, 0.15) is 11.1 Å². The lowest BCUT2D eigenvalue weighted by Crippen LogP contribution is -2.20. The molecule has 0 aliphatic carbocycles. The molecule has 2 N–H and O–H groups in total. The van der Waals surface area contributed by atoms with Crippen molar-refractivity contribution < 1.29 is 9.90 Å². The molecule has 9 heteroatoms. The molecule has 166 valence electrons. The van der Waals surface area contributed by atoms with E-state index >= 15 is 0 Å². The van der Waals surface area contributed by atoms with Crippen LogP contribution in [0.3, 0.4) is 0 Å². The van der Waals surface area contributed by atoms with E-state index in [1.165, 1.54) is 18.0 Å². The van der Waals surface area contributed by atoms with Gasteiger partial charge < -0.3 is 5.11 Å². The topological polar surface area (TPSA) is 92.4 Å². The summed E-state index contributed by atoms with van der Waals surface area (Å²) >= 11 is 4.61. The van der Waals surface area contributed by atoms with E-state index in [-0.39, 0.29) is 17.4 Å². The molecule has 0 spiro atoms. The summed E-state index contributed by atoms with van der Waals surface area (Å²) in [7, 11) is 0. The Hall–Kier alpha value is -3.43. The van der Waals surface area contributed by atoms with E-state index in [2.05, 4.69) is 36.7 Å². The van der Waals surface area contributed by atoms with Crippen LogP contribution in [0.25, 0.3) is 17.1 Å². The highest BCUT2D eigenvalue weighted by atomic mass is 79.9. The number of aromatic hydroxyl groups is 1. The Bertz CT molecular complexity index is 1290. The standard InChI is InChI=1S/C24H20BrN5O2S/c1-16-7-10-20(11-8-16)30-23(17-5-3-2-4-6-17)28-29-24(30)33-15-22(32)27-26-14-18-13-19(25)9-12-21(18)31/h2-14,31H,15H2,1H3,(H,27,32)/b26-14+. The number of hydrazone groups is 1. The van der Waals surface area contributed by atoms with Crippen LogP contribution >= 0.6 is 27.7 Å². The summed E-state index contributed by atoms with van der Waals surface area (Å²) in [5.41, 5.74) is 5.96. The first kappa shape index (κ1) is 22.8. The van der Waals surface area contributed by atoms with Gasteiger partial charge in [0.1, 0.15) is 5.75 Å². The number of carbonyl (C=O) groups is 1. The van der Waals surface area contributed by atoms with Gasteiger partial charge >= 0.3 is 0 Å². The van der Waals surface area contributed by atoms with Crippen molar-refractivity contribution in [3.8, 4) is 22.8 Å². The molecule has 0 fully saturated rings. The van der Waals surface area contributed by atoms with Crippen molar-refractivity contribution in [1.29, 1.82) is 0 Å². The first-order valence-electron chi connectivity index (χ1n) is 10.0. The minimum atomic E-state index is -0.301. The molecule has 0 bridgehead atoms. The highest BCUT2D eigenvalue weighted by Gasteiger charge is 2.17. The van der Waals surface area contributed by atoms with Gasteiger partial charge in [0.05, 0.1) is 12.0 Å². The second-order valence-electron chi connectivity index (χ2n) is 7.13. The number of aryl methyl sites for hydroxylation is 1. The minimum absolute atomic E-state index is 0.0743. The smallest absolute Gasteiger partial charge is 0.250 e. The number of aromatic nitrogens is 3. The van der Waals surface area contributed by atoms with Gasteiger partial charge in [0.2, 0.25) is 0 Å². The number of rotatable bonds is 7. The number of benzene rings is 3. The fraction of sp³-hybridized carbons (Fsp3) is 0.0833. The largest absolute Gasteiger partial charge is 0.507 e. The highest BCUT2D eigenvalue weighted by Crippen LogP contribution is 2.28. The number of nitrogens with zero attached hydrogens (tertiary/aromatic N) is 4. The van der Waals surface area contributed by atoms with Crippen molar-refractivity contribution in [3.05, 3.63) is 88.4 Å². The summed E-state index contributed by atoms with van der Waals surface area (Å²) in [6.07, 6.45) is 1.39. The molecular weight excluding hydrogens is 502 g/mol. The third-order valence-corrected chi connectivity index (χ3v) is 6.09. The SMILES string of the molecule is Cc1ccc(-n2c(SCC(=O)N/N=C/c3cc(Br)ccc3O)nnc2-c2ccccc2)cc1. The molecule has 7 nitrogen and oxygen atoms in total. The Morgan fingerprint density at radius 3 is 2.64 bits per heavy atom. The second-order valence-corrected chi connectivity index (χ2v) is 8.99. The number of thioether (sulfide) groups is 1. The fourth-order valence-corrected chi connectivity index (χ4v) is 4.15. The lowest BCUT2D eigenvalue weighted by molar-refractivity contribution is -0.118. The Morgan fingerprint density at radius 1 is 1.12 bits per heavy atom. The van der Waals surface area contributed by atoms with Crippen LogP contribution in [-0.2, 0) is 4.79 Å². The average molecular weight is 522 g/mol. The van der Waals surface area contributed by atoms with Crippen LogP contribution in [0.4, 0.5) is 0 Å². The van der Waals surface area contributed by atoms with E-state index < -0.39 is 0 Å². The summed E-state index contributed by atoms with van der Waals surface area (Å²) in [5, 5.41) is 23.1. The maximum Gasteiger partial charge on any atom is 0.250 e. The number of nitrogens with one attached hydrogen (secondary N) is 1. The van der Waals surface area contributed by atoms with E-state index in [1.807, 2.05) is 66.1 Å². The third-order valence-electron chi connectivity index (χ3n) is 4.67. The van der Waals surface area contributed by atoms with Gasteiger partial charge in [-0.25, -0.2) is 5.43 Å². The number of hydrogen-bond donors (Lipinski definition) is 2. The van der Waals surface area contributed by atoms with E-state index in [4.69, 9.17) is 0 Å². The molecule has 0 aliphatic rings. The molecule has 4 aromatic rings. The molecule has 0 unspecified atom stereocenters. The Labute approximate surface area is 203 Å². The molecule has 4 rings (SSSR count). The molecule has 1 amide bonds. The molecule has 0 saturated carbocycles. The van der Waals surface area contributed by atoms with Crippen LogP contribution in [0.5, 0.6) is 5.75 Å². The van der Waals surface area contributed by atoms with Crippen LogP contribution < -0.4 is 5.43 Å². The lowest BCUT2D eigenvalue weighted by Gasteiger charge is -2.10. The van der Waals surface area contributed by atoms with Gasteiger partial charge in [-0.3, -0.25) is 9.36 Å². The third kappa shape index (κ3) is 5.68. The number of halogens is 1. The number of amides is 1. The molecule has 1 heterocycles. The van der Waals surface area contributed by atoms with Crippen molar-refractivity contribution in [1.82, 2.24) is 20.2 Å². The van der Waals surface area contributed by atoms with Crippen molar-refractivity contribution in [2.45, 2.75) is 12.1 Å². The van der Waals surface area contributed by atoms with Crippen molar-refractivity contribution in [2.24, 2.45) is 5.10 Å². The predicted octanol–water partition coefficient (Wildman–Crippen LogP) is 4.95. The summed E-state index contributed by atoms with van der Waals surface area (Å²) in [4.78, 5) is 12.4. The maximum absolute atomic E-state index is 12.4. The van der Waals surface area contributed by atoms with Crippen LogP contribution in [0.15, 0.2) is 87.5 Å². The van der Waals surface area contributed by atoms with Gasteiger partial charge in [0.15, 0.2) is 11.0 Å². The fourth-order valence-electron chi connectivity index (χ4n) is 3.03. The Kier molecular flexibility index (Phi) is 7.21. The van der Waals surface area contributed by atoms with Gasteiger partial charge in [-0.05, 0) is 37.3 Å². The quantitative estimate of drug-likeness (QED) is 0.204. The molecule has 3 aromatic carbocycles.